The number of hydrogen-bond acceptors (Lipinski definition) is 5. The van der Waals surface area contributed by atoms with E-state index in [4.69, 9.17) is 5.73 Å². The van der Waals surface area contributed by atoms with Gasteiger partial charge in [0.1, 0.15) is 18.1 Å². The van der Waals surface area contributed by atoms with E-state index in [9.17, 15) is 19.2 Å². The number of primary amides is 1. The fraction of sp³-hybridized carbons (Fsp3) is 0.448. The molecule has 38 heavy (non-hydrogen) atoms. The Kier molecular flexibility index (Phi) is 10.0. The van der Waals surface area contributed by atoms with E-state index < -0.39 is 36.0 Å². The van der Waals surface area contributed by atoms with Crippen LogP contribution in [0.1, 0.15) is 39.2 Å². The number of likely N-dealkylation sites (tertiary alicyclic amines) is 1. The molecule has 1 saturated heterocycles. The molecule has 2 aromatic rings. The van der Waals surface area contributed by atoms with Crippen molar-refractivity contribution >= 4 is 23.6 Å². The third-order valence-electron chi connectivity index (χ3n) is 7.06. The molecule has 0 saturated carbocycles. The predicted molar refractivity (Wildman–Crippen MR) is 147 cm³/mol. The Morgan fingerprint density at radius 2 is 1.58 bits per heavy atom. The van der Waals surface area contributed by atoms with Crippen LogP contribution in [0.5, 0.6) is 0 Å². The Morgan fingerprint density at radius 1 is 0.947 bits per heavy atom. The van der Waals surface area contributed by atoms with Gasteiger partial charge in [-0.25, -0.2) is 0 Å². The maximum Gasteiger partial charge on any atom is 0.246 e. The molecule has 0 unspecified atom stereocenters. The molecule has 0 aliphatic carbocycles. The van der Waals surface area contributed by atoms with Gasteiger partial charge in [0.2, 0.25) is 23.6 Å². The lowest BCUT2D eigenvalue weighted by molar-refractivity contribution is -0.143. The SMILES string of the molecule is CN[C@@H](C)C(=O)N[C@H](C(=O)N1CCC[C@H]1C(=O)N[C@@H](Cc1ccc(-c2ccccc2)cc1)C(N)=O)C(C)C. The van der Waals surface area contributed by atoms with Gasteiger partial charge in [0, 0.05) is 13.0 Å². The monoisotopic (exact) mass is 521 g/mol. The zero-order valence-electron chi connectivity index (χ0n) is 22.6. The third-order valence-corrected chi connectivity index (χ3v) is 7.06. The molecule has 204 valence electrons. The molecule has 4 atom stereocenters. The van der Waals surface area contributed by atoms with Gasteiger partial charge < -0.3 is 26.6 Å². The number of carbonyl (C=O) groups excluding carboxylic acids is 4. The maximum atomic E-state index is 13.4. The van der Waals surface area contributed by atoms with Gasteiger partial charge >= 0.3 is 0 Å². The van der Waals surface area contributed by atoms with Crippen LogP contribution < -0.4 is 21.7 Å². The van der Waals surface area contributed by atoms with Crippen LogP contribution in [0.2, 0.25) is 0 Å². The maximum absolute atomic E-state index is 13.4. The highest BCUT2D eigenvalue weighted by molar-refractivity contribution is 5.95. The molecule has 9 heteroatoms. The summed E-state index contributed by atoms with van der Waals surface area (Å²) in [5.41, 5.74) is 8.63. The van der Waals surface area contributed by atoms with Gasteiger partial charge in [-0.1, -0.05) is 68.4 Å². The van der Waals surface area contributed by atoms with Gasteiger partial charge in [0.15, 0.2) is 0 Å². The van der Waals surface area contributed by atoms with Crippen molar-refractivity contribution in [1.29, 1.82) is 0 Å². The minimum absolute atomic E-state index is 0.169. The molecule has 0 aromatic heterocycles. The molecule has 1 aliphatic rings. The van der Waals surface area contributed by atoms with Crippen molar-refractivity contribution in [2.75, 3.05) is 13.6 Å². The Bertz CT molecular complexity index is 1120. The zero-order chi connectivity index (χ0) is 27.8. The molecule has 0 bridgehead atoms. The summed E-state index contributed by atoms with van der Waals surface area (Å²) in [6.07, 6.45) is 1.36. The number of nitrogens with two attached hydrogens (primary N) is 1. The molecule has 4 amide bonds. The first-order valence-electron chi connectivity index (χ1n) is 13.1. The number of amides is 4. The first-order valence-corrected chi connectivity index (χ1v) is 13.1. The minimum Gasteiger partial charge on any atom is -0.368 e. The lowest BCUT2D eigenvalue weighted by atomic mass is 10.00. The topological polar surface area (TPSA) is 134 Å². The van der Waals surface area contributed by atoms with Crippen molar-refractivity contribution in [2.24, 2.45) is 11.7 Å². The van der Waals surface area contributed by atoms with E-state index in [0.717, 1.165) is 16.7 Å². The van der Waals surface area contributed by atoms with Crippen LogP contribution in [0.3, 0.4) is 0 Å². The molecule has 1 fully saturated rings. The second-order valence-corrected chi connectivity index (χ2v) is 10.2. The Labute approximate surface area is 224 Å². The van der Waals surface area contributed by atoms with E-state index in [1.165, 1.54) is 4.90 Å². The summed E-state index contributed by atoms with van der Waals surface area (Å²) in [6, 6.07) is 14.8. The Balaban J connectivity index is 1.68. The van der Waals surface area contributed by atoms with E-state index in [1.54, 1.807) is 14.0 Å². The quantitative estimate of drug-likeness (QED) is 0.357. The van der Waals surface area contributed by atoms with Crippen LogP contribution in [0.25, 0.3) is 11.1 Å². The van der Waals surface area contributed by atoms with Crippen LogP contribution in [-0.4, -0.2) is 66.3 Å². The number of nitrogens with zero attached hydrogens (tertiary/aromatic N) is 1. The van der Waals surface area contributed by atoms with Crippen LogP contribution >= 0.6 is 0 Å². The van der Waals surface area contributed by atoms with Gasteiger partial charge in [-0.2, -0.15) is 0 Å². The standard InChI is InChI=1S/C29H39N5O4/c1-18(2)25(33-27(36)19(3)31-4)29(38)34-16-8-11-24(34)28(37)32-23(26(30)35)17-20-12-14-22(15-13-20)21-9-6-5-7-10-21/h5-7,9-10,12-15,18-19,23-25,31H,8,11,16-17H2,1-4H3,(H2,30,35)(H,32,37)(H,33,36)/t19-,23-,24-,25-/m0/s1. The van der Waals surface area contributed by atoms with Crippen LogP contribution in [0.15, 0.2) is 54.6 Å². The molecular weight excluding hydrogens is 482 g/mol. The van der Waals surface area contributed by atoms with E-state index >= 15 is 0 Å². The molecule has 9 nitrogen and oxygen atoms in total. The lowest BCUT2D eigenvalue weighted by Gasteiger charge is -2.31. The second-order valence-electron chi connectivity index (χ2n) is 10.2. The van der Waals surface area contributed by atoms with Crippen molar-refractivity contribution in [3.8, 4) is 11.1 Å². The molecule has 1 heterocycles. The van der Waals surface area contributed by atoms with Gasteiger partial charge in [-0.3, -0.25) is 19.2 Å². The lowest BCUT2D eigenvalue weighted by Crippen LogP contribution is -2.58. The van der Waals surface area contributed by atoms with E-state index in [0.29, 0.717) is 19.4 Å². The number of nitrogens with one attached hydrogen (secondary N) is 3. The average Bonchev–Trinajstić information content (AvgIpc) is 3.41. The van der Waals surface area contributed by atoms with Crippen molar-refractivity contribution in [1.82, 2.24) is 20.9 Å². The molecule has 0 radical (unpaired) electrons. The first-order chi connectivity index (χ1) is 18.1. The van der Waals surface area contributed by atoms with Crippen molar-refractivity contribution < 1.29 is 19.2 Å². The summed E-state index contributed by atoms with van der Waals surface area (Å²) >= 11 is 0. The van der Waals surface area contributed by atoms with Crippen LogP contribution in [0.4, 0.5) is 0 Å². The summed E-state index contributed by atoms with van der Waals surface area (Å²) in [6.45, 7) is 5.82. The molecular formula is C29H39N5O4. The van der Waals surface area contributed by atoms with Crippen LogP contribution in [0, 0.1) is 5.92 Å². The highest BCUT2D eigenvalue weighted by Crippen LogP contribution is 2.22. The smallest absolute Gasteiger partial charge is 0.246 e. The minimum atomic E-state index is -0.917. The number of hydrogen-bond donors (Lipinski definition) is 4. The molecule has 0 spiro atoms. The summed E-state index contributed by atoms with van der Waals surface area (Å²) < 4.78 is 0. The highest BCUT2D eigenvalue weighted by Gasteiger charge is 2.39. The zero-order valence-corrected chi connectivity index (χ0v) is 22.6. The van der Waals surface area contributed by atoms with Crippen molar-refractivity contribution in [3.05, 3.63) is 60.2 Å². The van der Waals surface area contributed by atoms with Crippen molar-refractivity contribution in [2.45, 2.75) is 64.2 Å². The fourth-order valence-corrected chi connectivity index (χ4v) is 4.59. The van der Waals surface area contributed by atoms with Gasteiger partial charge in [-0.15, -0.1) is 0 Å². The molecule has 2 aromatic carbocycles. The van der Waals surface area contributed by atoms with Crippen LogP contribution in [-0.2, 0) is 25.6 Å². The number of rotatable bonds is 11. The molecule has 5 N–H and O–H groups in total. The summed E-state index contributed by atoms with van der Waals surface area (Å²) in [7, 11) is 1.67. The van der Waals surface area contributed by atoms with E-state index in [1.807, 2.05) is 68.4 Å². The summed E-state index contributed by atoms with van der Waals surface area (Å²) in [4.78, 5) is 52.9. The number of carbonyl (C=O) groups is 4. The molecule has 1 aliphatic heterocycles. The largest absolute Gasteiger partial charge is 0.368 e. The van der Waals surface area contributed by atoms with E-state index in [2.05, 4.69) is 16.0 Å². The van der Waals surface area contributed by atoms with Gasteiger partial charge in [-0.05, 0) is 49.4 Å². The summed E-state index contributed by atoms with van der Waals surface area (Å²) in [5.74, 6) is -1.82. The Morgan fingerprint density at radius 3 is 2.16 bits per heavy atom. The highest BCUT2D eigenvalue weighted by atomic mass is 16.2. The second kappa shape index (κ2) is 13.2. The third kappa shape index (κ3) is 7.19. The van der Waals surface area contributed by atoms with Gasteiger partial charge in [0.25, 0.3) is 0 Å². The summed E-state index contributed by atoms with van der Waals surface area (Å²) in [5, 5.41) is 8.45. The molecule has 3 rings (SSSR count). The van der Waals surface area contributed by atoms with E-state index in [-0.39, 0.29) is 24.2 Å². The van der Waals surface area contributed by atoms with Crippen molar-refractivity contribution in [3.63, 3.8) is 0 Å². The average molecular weight is 522 g/mol. The fourth-order valence-electron chi connectivity index (χ4n) is 4.59. The number of benzene rings is 2. The number of likely N-dealkylation sites (N-methyl/N-ethyl adjacent to an activating group) is 1. The first kappa shape index (κ1) is 28.8. The van der Waals surface area contributed by atoms with Gasteiger partial charge in [0.05, 0.1) is 6.04 Å². The predicted octanol–water partition coefficient (Wildman–Crippen LogP) is 1.61. The normalized spacial score (nSPS) is 17.5. The Hall–Kier alpha value is -3.72.